The van der Waals surface area contributed by atoms with E-state index in [0.29, 0.717) is 24.8 Å². The quantitative estimate of drug-likeness (QED) is 0.686. The minimum Gasteiger partial charge on any atom is -0.383 e. The van der Waals surface area contributed by atoms with Crippen LogP contribution in [-0.4, -0.2) is 43.0 Å². The molecule has 1 aromatic rings. The van der Waals surface area contributed by atoms with Crippen LogP contribution < -0.4 is 0 Å². The molecule has 2 unspecified atom stereocenters. The van der Waals surface area contributed by atoms with Gasteiger partial charge in [-0.05, 0) is 44.5 Å². The second-order valence-electron chi connectivity index (χ2n) is 5.04. The van der Waals surface area contributed by atoms with Gasteiger partial charge in [-0.2, -0.15) is 0 Å². The lowest BCUT2D eigenvalue weighted by Gasteiger charge is -2.33. The van der Waals surface area contributed by atoms with E-state index in [0.717, 1.165) is 6.42 Å². The molecule has 0 aliphatic carbocycles. The van der Waals surface area contributed by atoms with Crippen LogP contribution in [0.15, 0.2) is 24.3 Å². The molecular formula is C16H24FNO2. The van der Waals surface area contributed by atoms with E-state index in [4.69, 9.17) is 4.74 Å². The number of halogens is 1. The molecule has 0 aliphatic rings. The van der Waals surface area contributed by atoms with Crippen molar-refractivity contribution in [2.45, 2.75) is 39.3 Å². The van der Waals surface area contributed by atoms with Crippen LogP contribution in [-0.2, 0) is 4.74 Å². The summed E-state index contributed by atoms with van der Waals surface area (Å²) in [7, 11) is 1.65. The molecule has 0 heterocycles. The number of methoxy groups -OCH3 is 1. The molecule has 0 aliphatic heterocycles. The highest BCUT2D eigenvalue weighted by molar-refractivity contribution is 5.99. The fourth-order valence-electron chi connectivity index (χ4n) is 2.23. The van der Waals surface area contributed by atoms with E-state index in [2.05, 4.69) is 18.7 Å². The van der Waals surface area contributed by atoms with Crippen molar-refractivity contribution in [3.8, 4) is 0 Å². The van der Waals surface area contributed by atoms with Gasteiger partial charge in [0, 0.05) is 25.3 Å². The molecular weight excluding hydrogens is 257 g/mol. The highest BCUT2D eigenvalue weighted by Crippen LogP contribution is 2.14. The molecule has 0 fully saturated rings. The minimum absolute atomic E-state index is 0.0152. The summed E-state index contributed by atoms with van der Waals surface area (Å²) >= 11 is 0. The Morgan fingerprint density at radius 1 is 1.30 bits per heavy atom. The molecule has 0 bridgehead atoms. The van der Waals surface area contributed by atoms with Gasteiger partial charge in [0.15, 0.2) is 5.78 Å². The highest BCUT2D eigenvalue weighted by atomic mass is 19.1. The van der Waals surface area contributed by atoms with Gasteiger partial charge >= 0.3 is 0 Å². The van der Waals surface area contributed by atoms with Crippen molar-refractivity contribution in [2.24, 2.45) is 0 Å². The van der Waals surface area contributed by atoms with Gasteiger partial charge < -0.3 is 4.74 Å². The Morgan fingerprint density at radius 2 is 1.90 bits per heavy atom. The third kappa shape index (κ3) is 4.39. The van der Waals surface area contributed by atoms with E-state index in [-0.39, 0.29) is 17.6 Å². The number of nitrogens with zero attached hydrogens (tertiary/aromatic N) is 1. The Hall–Kier alpha value is -1.26. The van der Waals surface area contributed by atoms with Crippen LogP contribution in [0.5, 0.6) is 0 Å². The highest BCUT2D eigenvalue weighted by Gasteiger charge is 2.25. The van der Waals surface area contributed by atoms with E-state index in [9.17, 15) is 9.18 Å². The molecule has 0 saturated carbocycles. The third-order valence-corrected chi connectivity index (χ3v) is 3.72. The smallest absolute Gasteiger partial charge is 0.179 e. The standard InChI is InChI=1S/C16H24FNO2/c1-5-12(2)18(10-11-20-4)13(3)16(19)14-6-8-15(17)9-7-14/h6-9,12-13H,5,10-11H2,1-4H3. The van der Waals surface area contributed by atoms with Crippen molar-refractivity contribution in [3.05, 3.63) is 35.6 Å². The molecule has 1 rings (SSSR count). The van der Waals surface area contributed by atoms with Gasteiger partial charge in [-0.15, -0.1) is 0 Å². The van der Waals surface area contributed by atoms with Gasteiger partial charge in [-0.3, -0.25) is 9.69 Å². The van der Waals surface area contributed by atoms with Gasteiger partial charge in [-0.25, -0.2) is 4.39 Å². The molecule has 0 N–H and O–H groups in total. The largest absolute Gasteiger partial charge is 0.383 e. The molecule has 0 radical (unpaired) electrons. The monoisotopic (exact) mass is 281 g/mol. The van der Waals surface area contributed by atoms with E-state index in [1.165, 1.54) is 12.1 Å². The molecule has 112 valence electrons. The number of hydrogen-bond acceptors (Lipinski definition) is 3. The fraction of sp³-hybridized carbons (Fsp3) is 0.562. The maximum absolute atomic E-state index is 12.9. The average Bonchev–Trinajstić information content (AvgIpc) is 2.47. The predicted octanol–water partition coefficient (Wildman–Crippen LogP) is 3.14. The number of benzene rings is 1. The summed E-state index contributed by atoms with van der Waals surface area (Å²) in [6.07, 6.45) is 0.963. The van der Waals surface area contributed by atoms with Gasteiger partial charge in [0.1, 0.15) is 5.82 Å². The summed E-state index contributed by atoms with van der Waals surface area (Å²) in [5.74, 6) is -0.311. The summed E-state index contributed by atoms with van der Waals surface area (Å²) < 4.78 is 18.0. The summed E-state index contributed by atoms with van der Waals surface area (Å²) in [5.41, 5.74) is 0.546. The van der Waals surface area contributed by atoms with Crippen LogP contribution >= 0.6 is 0 Å². The fourth-order valence-corrected chi connectivity index (χ4v) is 2.23. The number of hydrogen-bond donors (Lipinski definition) is 0. The van der Waals surface area contributed by atoms with Crippen molar-refractivity contribution in [2.75, 3.05) is 20.3 Å². The average molecular weight is 281 g/mol. The van der Waals surface area contributed by atoms with Gasteiger partial charge in [0.2, 0.25) is 0 Å². The first-order chi connectivity index (χ1) is 9.51. The summed E-state index contributed by atoms with van der Waals surface area (Å²) in [6.45, 7) is 7.39. The van der Waals surface area contributed by atoms with E-state index < -0.39 is 0 Å². The Kier molecular flexibility index (Phi) is 6.82. The second kappa shape index (κ2) is 8.12. The maximum Gasteiger partial charge on any atom is 0.179 e. The summed E-state index contributed by atoms with van der Waals surface area (Å²) in [6, 6.07) is 5.78. The number of rotatable bonds is 8. The molecule has 0 aromatic heterocycles. The lowest BCUT2D eigenvalue weighted by molar-refractivity contribution is 0.0668. The first kappa shape index (κ1) is 16.8. The molecule has 3 nitrogen and oxygen atoms in total. The number of carbonyl (C=O) groups is 1. The molecule has 0 saturated heterocycles. The topological polar surface area (TPSA) is 29.5 Å². The lowest BCUT2D eigenvalue weighted by atomic mass is 10.0. The molecule has 2 atom stereocenters. The first-order valence-corrected chi connectivity index (χ1v) is 7.05. The SMILES string of the molecule is CCC(C)N(CCOC)C(C)C(=O)c1ccc(F)cc1. The molecule has 1 aromatic carbocycles. The molecule has 0 spiro atoms. The van der Waals surface area contributed by atoms with E-state index in [1.54, 1.807) is 19.2 Å². The maximum atomic E-state index is 12.9. The van der Waals surface area contributed by atoms with Gasteiger partial charge in [-0.1, -0.05) is 6.92 Å². The zero-order valence-corrected chi connectivity index (χ0v) is 12.7. The summed E-state index contributed by atoms with van der Waals surface area (Å²) in [5, 5.41) is 0. The second-order valence-corrected chi connectivity index (χ2v) is 5.04. The molecule has 20 heavy (non-hydrogen) atoms. The number of Topliss-reactive ketones (excluding diaryl/α,β-unsaturated/α-hetero) is 1. The molecule has 4 heteroatoms. The van der Waals surface area contributed by atoms with Gasteiger partial charge in [0.25, 0.3) is 0 Å². The normalized spacial score (nSPS) is 14.3. The number of carbonyl (C=O) groups excluding carboxylic acids is 1. The van der Waals surface area contributed by atoms with Crippen molar-refractivity contribution >= 4 is 5.78 Å². The Labute approximate surface area is 120 Å². The van der Waals surface area contributed by atoms with Crippen molar-refractivity contribution in [3.63, 3.8) is 0 Å². The Balaban J connectivity index is 2.84. The van der Waals surface area contributed by atoms with Crippen LogP contribution in [0.25, 0.3) is 0 Å². The van der Waals surface area contributed by atoms with Gasteiger partial charge in [0.05, 0.1) is 12.6 Å². The summed E-state index contributed by atoms with van der Waals surface area (Å²) in [4.78, 5) is 14.6. The van der Waals surface area contributed by atoms with Crippen molar-refractivity contribution < 1.29 is 13.9 Å². The van der Waals surface area contributed by atoms with Crippen molar-refractivity contribution in [1.82, 2.24) is 4.90 Å². The Morgan fingerprint density at radius 3 is 2.40 bits per heavy atom. The van der Waals surface area contributed by atoms with Crippen LogP contribution in [0.1, 0.15) is 37.6 Å². The zero-order valence-electron chi connectivity index (χ0n) is 12.7. The first-order valence-electron chi connectivity index (χ1n) is 7.05. The zero-order chi connectivity index (χ0) is 15.1. The minimum atomic E-state index is -0.327. The number of ether oxygens (including phenoxy) is 1. The third-order valence-electron chi connectivity index (χ3n) is 3.72. The van der Waals surface area contributed by atoms with Crippen LogP contribution in [0.4, 0.5) is 4.39 Å². The van der Waals surface area contributed by atoms with Crippen molar-refractivity contribution in [1.29, 1.82) is 0 Å². The van der Waals surface area contributed by atoms with Crippen LogP contribution in [0, 0.1) is 5.82 Å². The Bertz CT molecular complexity index is 419. The lowest BCUT2D eigenvalue weighted by Crippen LogP contribution is -2.46. The van der Waals surface area contributed by atoms with E-state index >= 15 is 0 Å². The van der Waals surface area contributed by atoms with Crippen LogP contribution in [0.3, 0.4) is 0 Å². The van der Waals surface area contributed by atoms with Crippen LogP contribution in [0.2, 0.25) is 0 Å². The number of ketones is 1. The predicted molar refractivity (Wildman–Crippen MR) is 78.5 cm³/mol. The molecule has 0 amide bonds. The van der Waals surface area contributed by atoms with E-state index in [1.807, 2.05) is 6.92 Å².